The van der Waals surface area contributed by atoms with Gasteiger partial charge in [-0.1, -0.05) is 0 Å². The van der Waals surface area contributed by atoms with E-state index in [1.807, 2.05) is 33.5 Å². The summed E-state index contributed by atoms with van der Waals surface area (Å²) in [5.74, 6) is -1.74. The molecule has 0 aliphatic carbocycles. The van der Waals surface area contributed by atoms with Crippen molar-refractivity contribution in [3.05, 3.63) is 0 Å². The standard InChI is InChI=1S/C17H33O9PSi/c1-15(2)21-10-11(23-15)12-17(26-28(7,8)9,27(18,19-5)20-6)13-14(22-12)25-16(3,4)24-13/h11-14H,10H2,1-9H3/t11-,12-,13+,14-,17-/m1/s1. The summed E-state index contributed by atoms with van der Waals surface area (Å²) in [7, 11) is -3.53. The van der Waals surface area contributed by atoms with Crippen LogP contribution >= 0.6 is 7.60 Å². The van der Waals surface area contributed by atoms with Crippen LogP contribution in [-0.4, -0.2) is 70.7 Å². The Balaban J connectivity index is 2.14. The minimum Gasteiger partial charge on any atom is -0.397 e. The van der Waals surface area contributed by atoms with Gasteiger partial charge in [-0.25, -0.2) is 0 Å². The van der Waals surface area contributed by atoms with E-state index in [-0.39, 0.29) is 6.61 Å². The van der Waals surface area contributed by atoms with E-state index in [1.165, 1.54) is 14.2 Å². The molecule has 5 atom stereocenters. The summed E-state index contributed by atoms with van der Waals surface area (Å²) in [6.07, 6.45) is -3.02. The number of fused-ring (bicyclic) bond motifs is 1. The molecule has 3 saturated heterocycles. The van der Waals surface area contributed by atoms with Crippen LogP contribution < -0.4 is 0 Å². The highest BCUT2D eigenvalue weighted by Crippen LogP contribution is 2.69. The van der Waals surface area contributed by atoms with Crippen molar-refractivity contribution in [3.63, 3.8) is 0 Å². The van der Waals surface area contributed by atoms with Gasteiger partial charge in [0.25, 0.3) is 0 Å². The predicted molar refractivity (Wildman–Crippen MR) is 102 cm³/mol. The zero-order valence-electron chi connectivity index (χ0n) is 18.1. The molecular weight excluding hydrogens is 407 g/mol. The molecule has 3 heterocycles. The van der Waals surface area contributed by atoms with E-state index in [1.54, 1.807) is 13.8 Å². The van der Waals surface area contributed by atoms with Gasteiger partial charge in [-0.05, 0) is 47.3 Å². The summed E-state index contributed by atoms with van der Waals surface area (Å²) < 4.78 is 61.6. The van der Waals surface area contributed by atoms with Gasteiger partial charge < -0.3 is 37.2 Å². The lowest BCUT2D eigenvalue weighted by molar-refractivity contribution is -0.237. The van der Waals surface area contributed by atoms with Crippen LogP contribution in [0.4, 0.5) is 0 Å². The van der Waals surface area contributed by atoms with Crippen molar-refractivity contribution < 1.29 is 41.7 Å². The Morgan fingerprint density at radius 3 is 2.00 bits per heavy atom. The van der Waals surface area contributed by atoms with Crippen LogP contribution in [0.1, 0.15) is 27.7 Å². The van der Waals surface area contributed by atoms with Gasteiger partial charge in [0.15, 0.2) is 32.3 Å². The number of ether oxygens (including phenoxy) is 5. The van der Waals surface area contributed by atoms with E-state index in [4.69, 9.17) is 37.2 Å². The van der Waals surface area contributed by atoms with Crippen LogP contribution in [0, 0.1) is 0 Å². The van der Waals surface area contributed by atoms with E-state index < -0.39 is 57.4 Å². The average molecular weight is 441 g/mol. The molecule has 28 heavy (non-hydrogen) atoms. The van der Waals surface area contributed by atoms with E-state index in [0.717, 1.165) is 0 Å². The Hall–Kier alpha value is 0.127. The molecule has 0 radical (unpaired) electrons. The fourth-order valence-corrected chi connectivity index (χ4v) is 8.29. The van der Waals surface area contributed by atoms with Crippen molar-refractivity contribution >= 4 is 15.9 Å². The molecule has 3 aliphatic heterocycles. The molecule has 0 aromatic carbocycles. The lowest BCUT2D eigenvalue weighted by Crippen LogP contribution is -2.59. The highest BCUT2D eigenvalue weighted by molar-refractivity contribution is 7.55. The van der Waals surface area contributed by atoms with Crippen LogP contribution in [0.15, 0.2) is 0 Å². The van der Waals surface area contributed by atoms with E-state index in [2.05, 4.69) is 0 Å². The van der Waals surface area contributed by atoms with Gasteiger partial charge in [0.1, 0.15) is 12.2 Å². The highest BCUT2D eigenvalue weighted by atomic mass is 31.2. The first-order chi connectivity index (χ1) is 12.7. The van der Waals surface area contributed by atoms with Crippen LogP contribution in [0.5, 0.6) is 0 Å². The Morgan fingerprint density at radius 1 is 0.929 bits per heavy atom. The summed E-state index contributed by atoms with van der Waals surface area (Å²) in [5.41, 5.74) is 0. The van der Waals surface area contributed by atoms with Gasteiger partial charge in [-0.15, -0.1) is 0 Å². The van der Waals surface area contributed by atoms with Crippen LogP contribution in [0.2, 0.25) is 19.6 Å². The maximum atomic E-state index is 14.0. The molecule has 164 valence electrons. The second kappa shape index (κ2) is 7.08. The summed E-state index contributed by atoms with van der Waals surface area (Å²) >= 11 is 0. The number of rotatable bonds is 6. The fourth-order valence-electron chi connectivity index (χ4n) is 4.07. The second-order valence-electron chi connectivity index (χ2n) is 9.18. The normalized spacial score (nSPS) is 40.0. The maximum Gasteiger partial charge on any atom is 0.366 e. The third-order valence-corrected chi connectivity index (χ3v) is 8.44. The SMILES string of the molecule is COP(=O)(OC)[C@]1(O[Si](C)(C)C)[C@@H]([C@H]2COC(C)(C)O2)O[C@@H]2OC(C)(C)O[C@@H]21. The minimum absolute atomic E-state index is 0.241. The quantitative estimate of drug-likeness (QED) is 0.456. The first kappa shape index (κ1) is 22.8. The first-order valence-electron chi connectivity index (χ1n) is 9.43. The van der Waals surface area contributed by atoms with E-state index in [0.29, 0.717) is 0 Å². The maximum absolute atomic E-state index is 14.0. The fraction of sp³-hybridized carbons (Fsp3) is 1.00. The number of hydrogen-bond acceptors (Lipinski definition) is 9. The molecule has 0 unspecified atom stereocenters. The lowest BCUT2D eigenvalue weighted by atomic mass is 10.1. The van der Waals surface area contributed by atoms with Gasteiger partial charge >= 0.3 is 7.60 Å². The third-order valence-electron chi connectivity index (χ3n) is 4.90. The molecule has 0 aromatic rings. The Labute approximate surface area is 167 Å². The third kappa shape index (κ3) is 3.77. The van der Waals surface area contributed by atoms with Gasteiger partial charge in [-0.3, -0.25) is 4.57 Å². The van der Waals surface area contributed by atoms with Gasteiger partial charge in [0.2, 0.25) is 5.34 Å². The van der Waals surface area contributed by atoms with Gasteiger partial charge in [0.05, 0.1) is 6.61 Å². The molecule has 11 heteroatoms. The average Bonchev–Trinajstić information content (AvgIpc) is 3.15. The Morgan fingerprint density at radius 2 is 1.54 bits per heavy atom. The molecule has 0 amide bonds. The molecule has 0 bridgehead atoms. The van der Waals surface area contributed by atoms with E-state index >= 15 is 0 Å². The summed E-state index contributed by atoms with van der Waals surface area (Å²) in [4.78, 5) is 0. The molecule has 0 aromatic heterocycles. The predicted octanol–water partition coefficient (Wildman–Crippen LogP) is 3.05. The first-order valence-corrected chi connectivity index (χ1v) is 14.4. The van der Waals surface area contributed by atoms with Crippen LogP contribution in [0.3, 0.4) is 0 Å². The Bertz CT molecular complexity index is 641. The minimum atomic E-state index is -3.89. The summed E-state index contributed by atoms with van der Waals surface area (Å²) in [5, 5.41) is -1.56. The highest BCUT2D eigenvalue weighted by Gasteiger charge is 2.76. The second-order valence-corrected chi connectivity index (χ2v) is 16.0. The van der Waals surface area contributed by atoms with Gasteiger partial charge in [0, 0.05) is 14.2 Å². The molecule has 9 nitrogen and oxygen atoms in total. The molecular formula is C17H33O9PSi. The Kier molecular flexibility index (Phi) is 5.77. The lowest BCUT2D eigenvalue weighted by Gasteiger charge is -2.45. The van der Waals surface area contributed by atoms with Crippen molar-refractivity contribution in [2.45, 2.75) is 88.9 Å². The molecule has 3 fully saturated rings. The molecule has 0 N–H and O–H groups in total. The van der Waals surface area contributed by atoms with Crippen molar-refractivity contribution in [1.29, 1.82) is 0 Å². The zero-order chi connectivity index (χ0) is 21.2. The van der Waals surface area contributed by atoms with Gasteiger partial charge in [-0.2, -0.15) is 0 Å². The van der Waals surface area contributed by atoms with Crippen molar-refractivity contribution in [2.75, 3.05) is 20.8 Å². The summed E-state index contributed by atoms with van der Waals surface area (Å²) in [6.45, 7) is 13.4. The smallest absolute Gasteiger partial charge is 0.366 e. The molecule has 3 rings (SSSR count). The molecule has 0 spiro atoms. The van der Waals surface area contributed by atoms with Crippen molar-refractivity contribution in [1.82, 2.24) is 0 Å². The van der Waals surface area contributed by atoms with Crippen molar-refractivity contribution in [2.24, 2.45) is 0 Å². The van der Waals surface area contributed by atoms with Crippen LogP contribution in [0.25, 0.3) is 0 Å². The zero-order valence-corrected chi connectivity index (χ0v) is 20.0. The molecule has 0 saturated carbocycles. The number of hydrogen-bond donors (Lipinski definition) is 0. The monoisotopic (exact) mass is 440 g/mol. The molecule has 3 aliphatic rings. The summed E-state index contributed by atoms with van der Waals surface area (Å²) in [6, 6.07) is 0. The largest absolute Gasteiger partial charge is 0.397 e. The van der Waals surface area contributed by atoms with Crippen molar-refractivity contribution in [3.8, 4) is 0 Å². The van der Waals surface area contributed by atoms with E-state index in [9.17, 15) is 4.57 Å². The topological polar surface area (TPSA) is 90.9 Å². The van der Waals surface area contributed by atoms with Crippen LogP contribution in [-0.2, 0) is 41.7 Å².